The Morgan fingerprint density at radius 2 is 1.73 bits per heavy atom. The van der Waals surface area contributed by atoms with E-state index in [0.29, 0.717) is 36.2 Å². The highest BCUT2D eigenvalue weighted by Crippen LogP contribution is 2.29. The van der Waals surface area contributed by atoms with Gasteiger partial charge in [-0.3, -0.25) is 4.79 Å². The number of halogens is 3. The zero-order valence-electron chi connectivity index (χ0n) is 14.7. The Hall–Kier alpha value is -2.70. The molecular formula is C19H20F3NO3. The maximum Gasteiger partial charge on any atom is 0.255 e. The smallest absolute Gasteiger partial charge is 0.255 e. The minimum absolute atomic E-state index is 0.155. The van der Waals surface area contributed by atoms with Gasteiger partial charge in [-0.15, -0.1) is 0 Å². The molecule has 0 heterocycles. The lowest BCUT2D eigenvalue weighted by Gasteiger charge is -2.13. The molecule has 0 radical (unpaired) electrons. The number of benzene rings is 2. The van der Waals surface area contributed by atoms with Crippen LogP contribution in [0.4, 0.5) is 18.9 Å². The van der Waals surface area contributed by atoms with Gasteiger partial charge < -0.3 is 14.8 Å². The summed E-state index contributed by atoms with van der Waals surface area (Å²) >= 11 is 0. The minimum atomic E-state index is -1.33. The van der Waals surface area contributed by atoms with Crippen LogP contribution < -0.4 is 14.8 Å². The zero-order valence-corrected chi connectivity index (χ0v) is 14.7. The summed E-state index contributed by atoms with van der Waals surface area (Å²) in [5.41, 5.74) is -0.299. The predicted octanol–water partition coefficient (Wildman–Crippen LogP) is 4.79. The van der Waals surface area contributed by atoms with E-state index >= 15 is 0 Å². The van der Waals surface area contributed by atoms with E-state index in [1.807, 2.05) is 0 Å². The molecule has 0 aromatic heterocycles. The quantitative estimate of drug-likeness (QED) is 0.716. The number of anilines is 1. The second-order valence-electron chi connectivity index (χ2n) is 6.10. The number of hydrogen-bond acceptors (Lipinski definition) is 3. The fraction of sp³-hybridized carbons (Fsp3) is 0.316. The van der Waals surface area contributed by atoms with Crippen LogP contribution in [0.5, 0.6) is 11.5 Å². The van der Waals surface area contributed by atoms with Gasteiger partial charge in [0, 0.05) is 17.7 Å². The number of nitrogens with one attached hydrogen (secondary N) is 1. The highest BCUT2D eigenvalue weighted by Gasteiger charge is 2.15. The van der Waals surface area contributed by atoms with E-state index in [1.54, 1.807) is 6.07 Å². The van der Waals surface area contributed by atoms with Gasteiger partial charge in [0.15, 0.2) is 23.1 Å². The van der Waals surface area contributed by atoms with Crippen molar-refractivity contribution in [3.05, 3.63) is 53.3 Å². The maximum absolute atomic E-state index is 13.7. The van der Waals surface area contributed by atoms with Crippen molar-refractivity contribution in [3.63, 3.8) is 0 Å². The van der Waals surface area contributed by atoms with E-state index < -0.39 is 29.0 Å². The van der Waals surface area contributed by atoms with Gasteiger partial charge in [0.1, 0.15) is 5.82 Å². The molecule has 0 unspecified atom stereocenters. The van der Waals surface area contributed by atoms with Crippen LogP contribution in [0.25, 0.3) is 0 Å². The molecule has 7 heteroatoms. The van der Waals surface area contributed by atoms with Gasteiger partial charge in [-0.2, -0.15) is 0 Å². The van der Waals surface area contributed by atoms with Crippen molar-refractivity contribution in [2.75, 3.05) is 19.0 Å². The van der Waals surface area contributed by atoms with Gasteiger partial charge in [-0.25, -0.2) is 13.2 Å². The van der Waals surface area contributed by atoms with E-state index in [9.17, 15) is 18.0 Å². The van der Waals surface area contributed by atoms with Crippen molar-refractivity contribution in [2.24, 2.45) is 5.92 Å². The summed E-state index contributed by atoms with van der Waals surface area (Å²) in [5.74, 6) is -3.05. The third-order valence-corrected chi connectivity index (χ3v) is 3.64. The Balaban J connectivity index is 2.15. The fourth-order valence-corrected chi connectivity index (χ4v) is 2.15. The predicted molar refractivity (Wildman–Crippen MR) is 92.2 cm³/mol. The highest BCUT2D eigenvalue weighted by atomic mass is 19.2. The SMILES string of the molecule is COc1cc(C(=O)Nc2cc(F)c(F)cc2F)ccc1OCCC(C)C. The summed E-state index contributed by atoms with van der Waals surface area (Å²) in [4.78, 5) is 12.3. The van der Waals surface area contributed by atoms with E-state index in [1.165, 1.54) is 19.2 Å². The molecule has 0 aliphatic carbocycles. The number of carbonyl (C=O) groups excluding carboxylic acids is 1. The first-order valence-corrected chi connectivity index (χ1v) is 8.08. The number of carbonyl (C=O) groups is 1. The Morgan fingerprint density at radius 1 is 1.04 bits per heavy atom. The standard InChI is InChI=1S/C19H20F3NO3/c1-11(2)6-7-26-17-5-4-12(8-18(17)25-3)19(24)23-16-10-14(21)13(20)9-15(16)22/h4-5,8-11H,6-7H2,1-3H3,(H,23,24). The number of methoxy groups -OCH3 is 1. The van der Waals surface area contributed by atoms with Crippen LogP contribution in [-0.4, -0.2) is 19.6 Å². The molecule has 26 heavy (non-hydrogen) atoms. The van der Waals surface area contributed by atoms with Gasteiger partial charge in [-0.1, -0.05) is 13.8 Å². The summed E-state index contributed by atoms with van der Waals surface area (Å²) in [6.45, 7) is 4.65. The fourth-order valence-electron chi connectivity index (χ4n) is 2.15. The normalized spacial score (nSPS) is 10.7. The van der Waals surface area contributed by atoms with Gasteiger partial charge >= 0.3 is 0 Å². The maximum atomic E-state index is 13.7. The van der Waals surface area contributed by atoms with Crippen LogP contribution in [0.1, 0.15) is 30.6 Å². The molecule has 0 saturated carbocycles. The van der Waals surface area contributed by atoms with Crippen LogP contribution >= 0.6 is 0 Å². The summed E-state index contributed by atoms with van der Waals surface area (Å²) in [6.07, 6.45) is 0.862. The highest BCUT2D eigenvalue weighted by molar-refractivity contribution is 6.04. The molecule has 0 aliphatic heterocycles. The second kappa shape index (κ2) is 8.60. The molecule has 2 aromatic carbocycles. The summed E-state index contributed by atoms with van der Waals surface area (Å²) in [5, 5.41) is 2.21. The largest absolute Gasteiger partial charge is 0.493 e. The first kappa shape index (κ1) is 19.6. The molecule has 4 nitrogen and oxygen atoms in total. The third-order valence-electron chi connectivity index (χ3n) is 3.64. The molecular weight excluding hydrogens is 347 g/mol. The summed E-state index contributed by atoms with van der Waals surface area (Å²) in [7, 11) is 1.43. The Morgan fingerprint density at radius 3 is 2.38 bits per heavy atom. The van der Waals surface area contributed by atoms with Crippen molar-refractivity contribution in [3.8, 4) is 11.5 Å². The molecule has 0 aliphatic rings. The number of ether oxygens (including phenoxy) is 2. The van der Waals surface area contributed by atoms with Crippen LogP contribution in [0.2, 0.25) is 0 Å². The Kier molecular flexibility index (Phi) is 6.49. The van der Waals surface area contributed by atoms with Gasteiger partial charge in [0.05, 0.1) is 19.4 Å². The molecule has 2 rings (SSSR count). The molecule has 0 atom stereocenters. The molecule has 1 N–H and O–H groups in total. The van der Waals surface area contributed by atoms with E-state index in [4.69, 9.17) is 9.47 Å². The van der Waals surface area contributed by atoms with Crippen molar-refractivity contribution in [1.82, 2.24) is 0 Å². The Bertz CT molecular complexity index is 794. The second-order valence-corrected chi connectivity index (χ2v) is 6.10. The minimum Gasteiger partial charge on any atom is -0.493 e. The first-order chi connectivity index (χ1) is 12.3. The molecule has 0 bridgehead atoms. The zero-order chi connectivity index (χ0) is 19.3. The van der Waals surface area contributed by atoms with Crippen LogP contribution in [0.15, 0.2) is 30.3 Å². The van der Waals surface area contributed by atoms with Crippen molar-refractivity contribution in [1.29, 1.82) is 0 Å². The number of amides is 1. The average Bonchev–Trinajstić information content (AvgIpc) is 2.59. The molecule has 140 valence electrons. The topological polar surface area (TPSA) is 47.6 Å². The number of hydrogen-bond donors (Lipinski definition) is 1. The van der Waals surface area contributed by atoms with Crippen molar-refractivity contribution < 1.29 is 27.4 Å². The lowest BCUT2D eigenvalue weighted by atomic mass is 10.1. The van der Waals surface area contributed by atoms with Crippen molar-refractivity contribution >= 4 is 11.6 Å². The molecule has 2 aromatic rings. The van der Waals surface area contributed by atoms with Crippen LogP contribution in [0.3, 0.4) is 0 Å². The lowest BCUT2D eigenvalue weighted by Crippen LogP contribution is -2.14. The lowest BCUT2D eigenvalue weighted by molar-refractivity contribution is 0.102. The van der Waals surface area contributed by atoms with Gasteiger partial charge in [0.25, 0.3) is 5.91 Å². The molecule has 0 spiro atoms. The summed E-state index contributed by atoms with van der Waals surface area (Å²) < 4.78 is 50.7. The van der Waals surface area contributed by atoms with E-state index in [-0.39, 0.29) is 5.56 Å². The molecule has 0 fully saturated rings. The average molecular weight is 367 g/mol. The summed E-state index contributed by atoms with van der Waals surface area (Å²) in [6, 6.07) is 5.42. The van der Waals surface area contributed by atoms with Gasteiger partial charge in [0.2, 0.25) is 0 Å². The van der Waals surface area contributed by atoms with E-state index in [0.717, 1.165) is 6.42 Å². The Labute approximate surface area is 149 Å². The van der Waals surface area contributed by atoms with E-state index in [2.05, 4.69) is 19.2 Å². The number of rotatable bonds is 7. The monoisotopic (exact) mass is 367 g/mol. The first-order valence-electron chi connectivity index (χ1n) is 8.08. The van der Waals surface area contributed by atoms with Crippen LogP contribution in [-0.2, 0) is 0 Å². The van der Waals surface area contributed by atoms with Gasteiger partial charge in [-0.05, 0) is 30.5 Å². The molecule has 0 saturated heterocycles. The van der Waals surface area contributed by atoms with Crippen molar-refractivity contribution in [2.45, 2.75) is 20.3 Å². The molecule has 1 amide bonds. The van der Waals surface area contributed by atoms with Crippen LogP contribution in [0, 0.1) is 23.4 Å². The third kappa shape index (κ3) is 4.91.